The van der Waals surface area contributed by atoms with Gasteiger partial charge in [-0.2, -0.15) is 0 Å². The van der Waals surface area contributed by atoms with Crippen molar-refractivity contribution in [3.05, 3.63) is 94.3 Å². The summed E-state index contributed by atoms with van der Waals surface area (Å²) in [5.41, 5.74) is 2.50. The zero-order chi connectivity index (χ0) is 26.5. The number of nitrogens with one attached hydrogen (secondary N) is 1. The van der Waals surface area contributed by atoms with Gasteiger partial charge in [-0.3, -0.25) is 14.5 Å². The molecule has 0 atom stereocenters. The lowest BCUT2D eigenvalue weighted by molar-refractivity contribution is -0.128. The van der Waals surface area contributed by atoms with E-state index in [9.17, 15) is 14.0 Å². The molecule has 0 radical (unpaired) electrons. The van der Waals surface area contributed by atoms with Gasteiger partial charge in [0.25, 0.3) is 5.91 Å². The zero-order valence-electron chi connectivity index (χ0n) is 21.2. The minimum absolute atomic E-state index is 0.00295. The molecule has 0 saturated carbocycles. The number of carbonyl (C=O) groups excluding carboxylic acids is 2. The zero-order valence-corrected chi connectivity index (χ0v) is 21.9. The number of nitrogens with zero attached hydrogens (tertiary/aromatic N) is 2. The molecule has 2 aliphatic rings. The number of likely N-dealkylation sites (tertiary alicyclic amines) is 2. The molecule has 0 aromatic heterocycles. The lowest BCUT2D eigenvalue weighted by Crippen LogP contribution is -2.44. The van der Waals surface area contributed by atoms with Crippen LogP contribution < -0.4 is 10.1 Å². The maximum atomic E-state index is 14.0. The Morgan fingerprint density at radius 2 is 1.79 bits per heavy atom. The summed E-state index contributed by atoms with van der Waals surface area (Å²) in [4.78, 5) is 29.6. The van der Waals surface area contributed by atoms with Gasteiger partial charge < -0.3 is 15.0 Å². The minimum atomic E-state index is -0.590. The van der Waals surface area contributed by atoms with Crippen LogP contribution in [0.5, 0.6) is 11.5 Å². The molecule has 0 spiro atoms. The van der Waals surface area contributed by atoms with Crippen molar-refractivity contribution in [2.75, 3.05) is 19.6 Å². The summed E-state index contributed by atoms with van der Waals surface area (Å²) in [6.45, 7) is 3.79. The molecule has 0 bridgehead atoms. The van der Waals surface area contributed by atoms with E-state index in [1.165, 1.54) is 17.7 Å². The lowest BCUT2D eigenvalue weighted by Gasteiger charge is -2.32. The summed E-state index contributed by atoms with van der Waals surface area (Å²) in [5.74, 6) is 0.00491. The van der Waals surface area contributed by atoms with Gasteiger partial charge in [0.15, 0.2) is 0 Å². The molecule has 3 aromatic carbocycles. The highest BCUT2D eigenvalue weighted by molar-refractivity contribution is 6.30. The molecule has 198 valence electrons. The molecule has 3 aromatic rings. The highest BCUT2D eigenvalue weighted by Crippen LogP contribution is 2.31. The number of ether oxygens (including phenoxy) is 1. The first-order valence-electron chi connectivity index (χ1n) is 13.1. The van der Waals surface area contributed by atoms with Gasteiger partial charge in [0.05, 0.1) is 5.02 Å². The van der Waals surface area contributed by atoms with Crippen molar-refractivity contribution < 1.29 is 18.7 Å². The van der Waals surface area contributed by atoms with E-state index in [2.05, 4.69) is 34.5 Å². The van der Waals surface area contributed by atoms with Crippen molar-refractivity contribution in [3.8, 4) is 11.5 Å². The van der Waals surface area contributed by atoms with Crippen LogP contribution in [0.25, 0.3) is 0 Å². The molecule has 5 rings (SSSR count). The molecule has 38 heavy (non-hydrogen) atoms. The van der Waals surface area contributed by atoms with Gasteiger partial charge in [0.1, 0.15) is 17.3 Å². The van der Waals surface area contributed by atoms with Crippen molar-refractivity contribution in [3.63, 3.8) is 0 Å². The largest absolute Gasteiger partial charge is 0.457 e. The van der Waals surface area contributed by atoms with Crippen LogP contribution in [0.4, 0.5) is 4.39 Å². The van der Waals surface area contributed by atoms with Crippen LogP contribution in [0.2, 0.25) is 5.02 Å². The maximum absolute atomic E-state index is 14.0. The Hall–Kier alpha value is -3.42. The van der Waals surface area contributed by atoms with Gasteiger partial charge >= 0.3 is 0 Å². The number of piperidine rings is 1. The normalized spacial score (nSPS) is 16.6. The maximum Gasteiger partial charge on any atom is 0.251 e. The van der Waals surface area contributed by atoms with Gasteiger partial charge in [0.2, 0.25) is 5.91 Å². The molecule has 1 N–H and O–H groups in total. The molecule has 0 unspecified atom stereocenters. The topological polar surface area (TPSA) is 61.9 Å². The van der Waals surface area contributed by atoms with Crippen LogP contribution in [0.3, 0.4) is 0 Å². The van der Waals surface area contributed by atoms with E-state index >= 15 is 0 Å². The average molecular weight is 536 g/mol. The number of benzene rings is 3. The second kappa shape index (κ2) is 12.0. The Kier molecular flexibility index (Phi) is 8.25. The number of halogens is 2. The molecule has 0 aliphatic carbocycles. The van der Waals surface area contributed by atoms with Crippen molar-refractivity contribution >= 4 is 23.4 Å². The van der Waals surface area contributed by atoms with Gasteiger partial charge in [-0.15, -0.1) is 0 Å². The molecule has 2 aliphatic heterocycles. The number of rotatable bonds is 8. The van der Waals surface area contributed by atoms with E-state index in [1.807, 2.05) is 12.1 Å². The molecular weight excluding hydrogens is 505 g/mol. The van der Waals surface area contributed by atoms with Crippen molar-refractivity contribution in [1.29, 1.82) is 0 Å². The lowest BCUT2D eigenvalue weighted by atomic mass is 10.0. The van der Waals surface area contributed by atoms with Crippen LogP contribution in [-0.4, -0.2) is 47.3 Å². The Morgan fingerprint density at radius 1 is 1.00 bits per heavy atom. The summed E-state index contributed by atoms with van der Waals surface area (Å²) in [7, 11) is 0. The highest BCUT2D eigenvalue weighted by Gasteiger charge is 2.24. The Morgan fingerprint density at radius 3 is 2.50 bits per heavy atom. The fourth-order valence-corrected chi connectivity index (χ4v) is 5.13. The number of carbonyl (C=O) groups is 2. The quantitative estimate of drug-likeness (QED) is 0.397. The van der Waals surface area contributed by atoms with E-state index < -0.39 is 5.82 Å². The van der Waals surface area contributed by atoms with E-state index in [0.717, 1.165) is 44.5 Å². The van der Waals surface area contributed by atoms with E-state index in [0.29, 0.717) is 30.8 Å². The second-order valence-electron chi connectivity index (χ2n) is 9.93. The summed E-state index contributed by atoms with van der Waals surface area (Å²) >= 11 is 5.82. The van der Waals surface area contributed by atoms with E-state index in [-0.39, 0.29) is 28.6 Å². The Balaban J connectivity index is 1.26. The molecule has 2 heterocycles. The fraction of sp³-hybridized carbons (Fsp3) is 0.333. The van der Waals surface area contributed by atoms with Crippen LogP contribution in [-0.2, 0) is 17.9 Å². The molecular formula is C30H31ClFN3O3. The molecule has 8 heteroatoms. The SMILES string of the molecule is O=C(NC1CCN(Cc2ccccc2)CC1)c1ccc(CN2CCCC2=O)c(Oc2ccc(Cl)c(F)c2)c1. The molecule has 6 nitrogen and oxygen atoms in total. The van der Waals surface area contributed by atoms with Crippen LogP contribution in [0.1, 0.15) is 47.2 Å². The molecule has 2 fully saturated rings. The monoisotopic (exact) mass is 535 g/mol. The first kappa shape index (κ1) is 26.2. The third-order valence-corrected chi connectivity index (χ3v) is 7.46. The standard InChI is InChI=1S/C30H31ClFN3O3/c31-26-11-10-25(18-27(26)32)38-28-17-22(8-9-23(28)20-35-14-4-7-29(35)36)30(37)33-24-12-15-34(16-13-24)19-21-5-2-1-3-6-21/h1-3,5-6,8-11,17-18,24H,4,7,12-16,19-20H2,(H,33,37). The predicted molar refractivity (Wildman–Crippen MR) is 145 cm³/mol. The predicted octanol–water partition coefficient (Wildman–Crippen LogP) is 5.79. The smallest absolute Gasteiger partial charge is 0.251 e. The van der Waals surface area contributed by atoms with Gasteiger partial charge in [-0.05, 0) is 49.1 Å². The number of hydrogen-bond acceptors (Lipinski definition) is 4. The van der Waals surface area contributed by atoms with Crippen LogP contribution in [0, 0.1) is 5.82 Å². The van der Waals surface area contributed by atoms with E-state index in [4.69, 9.17) is 16.3 Å². The van der Waals surface area contributed by atoms with Gasteiger partial charge in [-0.25, -0.2) is 4.39 Å². The number of hydrogen-bond donors (Lipinski definition) is 1. The Labute approximate surface area is 227 Å². The first-order valence-corrected chi connectivity index (χ1v) is 13.4. The third kappa shape index (κ3) is 6.52. The van der Waals surface area contributed by atoms with Crippen molar-refractivity contribution in [2.45, 2.75) is 44.8 Å². The fourth-order valence-electron chi connectivity index (χ4n) is 5.01. The number of amides is 2. The second-order valence-corrected chi connectivity index (χ2v) is 10.3. The Bertz CT molecular complexity index is 1300. The van der Waals surface area contributed by atoms with Gasteiger partial charge in [-0.1, -0.05) is 48.0 Å². The average Bonchev–Trinajstić information content (AvgIpc) is 3.33. The summed E-state index contributed by atoms with van der Waals surface area (Å²) in [6.07, 6.45) is 3.10. The van der Waals surface area contributed by atoms with Crippen LogP contribution in [0.15, 0.2) is 66.7 Å². The minimum Gasteiger partial charge on any atom is -0.457 e. The third-order valence-electron chi connectivity index (χ3n) is 7.15. The molecule has 2 saturated heterocycles. The van der Waals surface area contributed by atoms with Crippen molar-refractivity contribution in [1.82, 2.24) is 15.1 Å². The summed E-state index contributed by atoms with van der Waals surface area (Å²) < 4.78 is 20.1. The molecule has 2 amide bonds. The van der Waals surface area contributed by atoms with E-state index in [1.54, 1.807) is 23.1 Å². The first-order chi connectivity index (χ1) is 18.4. The highest BCUT2D eigenvalue weighted by atomic mass is 35.5. The summed E-state index contributed by atoms with van der Waals surface area (Å²) in [6, 6.07) is 19.9. The summed E-state index contributed by atoms with van der Waals surface area (Å²) in [5, 5.41) is 3.17. The van der Waals surface area contributed by atoms with Gasteiger partial charge in [0, 0.05) is 62.4 Å². The van der Waals surface area contributed by atoms with Crippen LogP contribution >= 0.6 is 11.6 Å². The van der Waals surface area contributed by atoms with Crippen molar-refractivity contribution in [2.24, 2.45) is 0 Å².